The number of carbonyl (C=O) groups excluding carboxylic acids is 1. The Bertz CT molecular complexity index is 938. The van der Waals surface area contributed by atoms with Crippen LogP contribution < -0.4 is 15.4 Å². The van der Waals surface area contributed by atoms with Gasteiger partial charge in [0.1, 0.15) is 12.4 Å². The van der Waals surface area contributed by atoms with E-state index in [9.17, 15) is 4.79 Å². The van der Waals surface area contributed by atoms with Crippen molar-refractivity contribution in [2.45, 2.75) is 27.0 Å². The average molecular weight is 439 g/mol. The number of aryl methyl sites for hydroxylation is 1. The van der Waals surface area contributed by atoms with Gasteiger partial charge in [-0.1, -0.05) is 45.8 Å². The standard InChI is InChI=1S/C23H23BrN2O2/c1-16-3-5-18(6-4-16)15-28-23-12-7-20(24)13-19(23)14-25-21-8-10-22(11-9-21)26-17(2)27/h3-13,25H,14-15H2,1-2H3,(H,26,27). The van der Waals surface area contributed by atoms with Gasteiger partial charge in [0.05, 0.1) is 0 Å². The van der Waals surface area contributed by atoms with Crippen molar-refractivity contribution in [3.63, 3.8) is 0 Å². The van der Waals surface area contributed by atoms with Crippen molar-refractivity contribution in [1.29, 1.82) is 0 Å². The van der Waals surface area contributed by atoms with Crippen LogP contribution in [0.25, 0.3) is 0 Å². The first-order valence-electron chi connectivity index (χ1n) is 9.08. The van der Waals surface area contributed by atoms with Crippen LogP contribution in [0.1, 0.15) is 23.6 Å². The van der Waals surface area contributed by atoms with E-state index in [2.05, 4.69) is 63.8 Å². The maximum atomic E-state index is 11.1. The molecule has 0 saturated carbocycles. The Hall–Kier alpha value is -2.79. The van der Waals surface area contributed by atoms with Crippen LogP contribution in [0, 0.1) is 6.92 Å². The number of hydrogen-bond donors (Lipinski definition) is 2. The number of rotatable bonds is 7. The van der Waals surface area contributed by atoms with E-state index >= 15 is 0 Å². The molecule has 28 heavy (non-hydrogen) atoms. The molecule has 0 aliphatic carbocycles. The van der Waals surface area contributed by atoms with Gasteiger partial charge in [-0.25, -0.2) is 0 Å². The highest BCUT2D eigenvalue weighted by atomic mass is 79.9. The third-order valence-corrected chi connectivity index (χ3v) is 4.72. The molecule has 3 aromatic rings. The lowest BCUT2D eigenvalue weighted by molar-refractivity contribution is -0.114. The Kier molecular flexibility index (Phi) is 6.71. The predicted molar refractivity (Wildman–Crippen MR) is 118 cm³/mol. The van der Waals surface area contributed by atoms with Gasteiger partial charge in [0.2, 0.25) is 5.91 Å². The molecule has 0 fully saturated rings. The van der Waals surface area contributed by atoms with Gasteiger partial charge in [0, 0.05) is 34.9 Å². The first kappa shape index (κ1) is 20.0. The Labute approximate surface area is 174 Å². The van der Waals surface area contributed by atoms with E-state index in [1.165, 1.54) is 12.5 Å². The summed E-state index contributed by atoms with van der Waals surface area (Å²) in [6.07, 6.45) is 0. The fraction of sp³-hybridized carbons (Fsp3) is 0.174. The summed E-state index contributed by atoms with van der Waals surface area (Å²) in [6, 6.07) is 22.0. The molecule has 144 valence electrons. The topological polar surface area (TPSA) is 50.4 Å². The number of hydrogen-bond acceptors (Lipinski definition) is 3. The Morgan fingerprint density at radius 3 is 2.32 bits per heavy atom. The number of carbonyl (C=O) groups is 1. The summed E-state index contributed by atoms with van der Waals surface area (Å²) in [5.41, 5.74) is 5.19. The Morgan fingerprint density at radius 1 is 0.964 bits per heavy atom. The minimum absolute atomic E-state index is 0.0785. The van der Waals surface area contributed by atoms with Crippen LogP contribution in [0.15, 0.2) is 71.2 Å². The van der Waals surface area contributed by atoms with Crippen LogP contribution in [0.4, 0.5) is 11.4 Å². The lowest BCUT2D eigenvalue weighted by atomic mass is 10.1. The summed E-state index contributed by atoms with van der Waals surface area (Å²) >= 11 is 3.54. The molecule has 3 aromatic carbocycles. The summed E-state index contributed by atoms with van der Waals surface area (Å²) in [5.74, 6) is 0.774. The van der Waals surface area contributed by atoms with Crippen molar-refractivity contribution in [2.24, 2.45) is 0 Å². The highest BCUT2D eigenvalue weighted by Crippen LogP contribution is 2.25. The van der Waals surface area contributed by atoms with E-state index in [1.807, 2.05) is 36.4 Å². The van der Waals surface area contributed by atoms with Gasteiger partial charge in [-0.3, -0.25) is 4.79 Å². The number of benzene rings is 3. The molecule has 0 unspecified atom stereocenters. The monoisotopic (exact) mass is 438 g/mol. The van der Waals surface area contributed by atoms with Crippen molar-refractivity contribution in [3.8, 4) is 5.75 Å². The molecule has 1 amide bonds. The van der Waals surface area contributed by atoms with E-state index in [0.29, 0.717) is 13.2 Å². The number of amides is 1. The predicted octanol–water partition coefficient (Wildman–Crippen LogP) is 5.91. The number of nitrogens with one attached hydrogen (secondary N) is 2. The maximum Gasteiger partial charge on any atom is 0.221 e. The van der Waals surface area contributed by atoms with E-state index in [-0.39, 0.29) is 5.91 Å². The van der Waals surface area contributed by atoms with E-state index in [0.717, 1.165) is 32.7 Å². The van der Waals surface area contributed by atoms with Crippen LogP contribution in [-0.4, -0.2) is 5.91 Å². The molecular weight excluding hydrogens is 416 g/mol. The van der Waals surface area contributed by atoms with Crippen LogP contribution in [-0.2, 0) is 17.9 Å². The Morgan fingerprint density at radius 2 is 1.64 bits per heavy atom. The SMILES string of the molecule is CC(=O)Nc1ccc(NCc2cc(Br)ccc2OCc2ccc(C)cc2)cc1. The highest BCUT2D eigenvalue weighted by molar-refractivity contribution is 9.10. The van der Waals surface area contributed by atoms with Crippen LogP contribution in [0.2, 0.25) is 0 Å². The van der Waals surface area contributed by atoms with Gasteiger partial charge in [-0.2, -0.15) is 0 Å². The van der Waals surface area contributed by atoms with E-state index < -0.39 is 0 Å². The number of anilines is 2. The van der Waals surface area contributed by atoms with Gasteiger partial charge in [-0.05, 0) is 55.0 Å². The zero-order chi connectivity index (χ0) is 19.9. The second-order valence-corrected chi connectivity index (χ2v) is 7.55. The van der Waals surface area contributed by atoms with Crippen molar-refractivity contribution in [3.05, 3.63) is 87.9 Å². The zero-order valence-corrected chi connectivity index (χ0v) is 17.5. The molecule has 0 spiro atoms. The molecular formula is C23H23BrN2O2. The highest BCUT2D eigenvalue weighted by Gasteiger charge is 2.06. The van der Waals surface area contributed by atoms with E-state index in [1.54, 1.807) is 0 Å². The van der Waals surface area contributed by atoms with Gasteiger partial charge in [-0.15, -0.1) is 0 Å². The number of halogens is 1. The van der Waals surface area contributed by atoms with Crippen molar-refractivity contribution in [2.75, 3.05) is 10.6 Å². The quantitative estimate of drug-likeness (QED) is 0.482. The summed E-state index contributed by atoms with van der Waals surface area (Å²) < 4.78 is 7.07. The lowest BCUT2D eigenvalue weighted by Crippen LogP contribution is -2.06. The molecule has 0 aliphatic rings. The van der Waals surface area contributed by atoms with E-state index in [4.69, 9.17) is 4.74 Å². The molecule has 0 saturated heterocycles. The molecule has 0 aromatic heterocycles. The van der Waals surface area contributed by atoms with Gasteiger partial charge >= 0.3 is 0 Å². The minimum atomic E-state index is -0.0785. The summed E-state index contributed by atoms with van der Waals surface area (Å²) in [6.45, 7) is 4.73. The minimum Gasteiger partial charge on any atom is -0.489 e. The second-order valence-electron chi connectivity index (χ2n) is 6.64. The molecule has 4 nitrogen and oxygen atoms in total. The molecule has 3 rings (SSSR count). The average Bonchev–Trinajstić information content (AvgIpc) is 2.67. The second kappa shape index (κ2) is 9.42. The summed E-state index contributed by atoms with van der Waals surface area (Å²) in [4.78, 5) is 11.1. The summed E-state index contributed by atoms with van der Waals surface area (Å²) in [7, 11) is 0. The third kappa shape index (κ3) is 5.86. The Balaban J connectivity index is 1.65. The molecule has 2 N–H and O–H groups in total. The first-order valence-corrected chi connectivity index (χ1v) is 9.87. The van der Waals surface area contributed by atoms with Crippen molar-refractivity contribution in [1.82, 2.24) is 0 Å². The smallest absolute Gasteiger partial charge is 0.221 e. The fourth-order valence-electron chi connectivity index (χ4n) is 2.74. The van der Waals surface area contributed by atoms with Crippen LogP contribution >= 0.6 is 15.9 Å². The third-order valence-electron chi connectivity index (χ3n) is 4.23. The zero-order valence-electron chi connectivity index (χ0n) is 16.0. The van der Waals surface area contributed by atoms with Crippen molar-refractivity contribution >= 4 is 33.2 Å². The normalized spacial score (nSPS) is 10.4. The first-order chi connectivity index (χ1) is 13.5. The maximum absolute atomic E-state index is 11.1. The largest absolute Gasteiger partial charge is 0.489 e. The molecule has 0 bridgehead atoms. The van der Waals surface area contributed by atoms with Crippen LogP contribution in [0.5, 0.6) is 5.75 Å². The molecule has 0 aliphatic heterocycles. The van der Waals surface area contributed by atoms with Crippen molar-refractivity contribution < 1.29 is 9.53 Å². The fourth-order valence-corrected chi connectivity index (χ4v) is 3.15. The number of ether oxygens (including phenoxy) is 1. The summed E-state index contributed by atoms with van der Waals surface area (Å²) in [5, 5.41) is 6.17. The molecule has 5 heteroatoms. The molecule has 0 heterocycles. The van der Waals surface area contributed by atoms with Gasteiger partial charge in [0.15, 0.2) is 0 Å². The van der Waals surface area contributed by atoms with Gasteiger partial charge in [0.25, 0.3) is 0 Å². The van der Waals surface area contributed by atoms with Crippen LogP contribution in [0.3, 0.4) is 0 Å². The lowest BCUT2D eigenvalue weighted by Gasteiger charge is -2.14. The molecule has 0 radical (unpaired) electrons. The molecule has 0 atom stereocenters. The van der Waals surface area contributed by atoms with Gasteiger partial charge < -0.3 is 15.4 Å².